The molecule has 5 nitrogen and oxygen atoms in total. The fraction of sp³-hybridized carbons (Fsp3) is 0.500. The third-order valence-corrected chi connectivity index (χ3v) is 5.22. The van der Waals surface area contributed by atoms with E-state index in [0.717, 1.165) is 23.3 Å². The molecule has 0 bridgehead atoms. The van der Waals surface area contributed by atoms with Crippen molar-refractivity contribution in [2.45, 2.75) is 39.0 Å². The first-order chi connectivity index (χ1) is 11.8. The highest BCUT2D eigenvalue weighted by Crippen LogP contribution is 2.48. The molecule has 0 N–H and O–H groups in total. The number of amides is 1. The van der Waals surface area contributed by atoms with Crippen molar-refractivity contribution in [3.05, 3.63) is 35.0 Å². The first-order valence-electron chi connectivity index (χ1n) is 8.52. The third kappa shape index (κ3) is 3.03. The fourth-order valence-electron chi connectivity index (χ4n) is 3.93. The van der Waals surface area contributed by atoms with Crippen LogP contribution in [0, 0.1) is 5.41 Å². The molecule has 0 fully saturated rings. The molecular formula is C20H25NO4. The standard InChI is InChI=1S/C20H25NO4/c1-20(2)10-15-19(16(22)11-20)14(9-18(23)21(15)3)13-7-6-12(24-4)8-17(13)25-5/h6-8,14H,9-11H2,1-5H3/t14-/m1/s1. The van der Waals surface area contributed by atoms with Crippen LogP contribution in [-0.2, 0) is 9.59 Å². The molecule has 5 heteroatoms. The van der Waals surface area contributed by atoms with Crippen LogP contribution in [0.2, 0.25) is 0 Å². The zero-order valence-electron chi connectivity index (χ0n) is 15.5. The third-order valence-electron chi connectivity index (χ3n) is 5.22. The predicted molar refractivity (Wildman–Crippen MR) is 94.7 cm³/mol. The summed E-state index contributed by atoms with van der Waals surface area (Å²) in [4.78, 5) is 27.2. The van der Waals surface area contributed by atoms with Gasteiger partial charge in [0.05, 0.1) is 14.2 Å². The van der Waals surface area contributed by atoms with Crippen LogP contribution in [-0.4, -0.2) is 37.9 Å². The molecule has 0 spiro atoms. The van der Waals surface area contributed by atoms with Gasteiger partial charge in [-0.3, -0.25) is 9.59 Å². The van der Waals surface area contributed by atoms with Gasteiger partial charge in [0.25, 0.3) is 0 Å². The van der Waals surface area contributed by atoms with Gasteiger partial charge in [0.15, 0.2) is 5.78 Å². The van der Waals surface area contributed by atoms with Gasteiger partial charge in [-0.1, -0.05) is 19.9 Å². The number of hydrogen-bond donors (Lipinski definition) is 0. The first-order valence-corrected chi connectivity index (χ1v) is 8.52. The quantitative estimate of drug-likeness (QED) is 0.845. The molecule has 25 heavy (non-hydrogen) atoms. The molecule has 0 saturated heterocycles. The number of Topliss-reactive ketones (excluding diaryl/α,β-unsaturated/α-hetero) is 1. The number of benzene rings is 1. The summed E-state index contributed by atoms with van der Waals surface area (Å²) in [5.74, 6) is 1.24. The molecule has 1 heterocycles. The van der Waals surface area contributed by atoms with E-state index in [-0.39, 0.29) is 29.4 Å². The zero-order valence-corrected chi connectivity index (χ0v) is 15.5. The molecule has 0 aromatic heterocycles. The predicted octanol–water partition coefficient (Wildman–Crippen LogP) is 3.29. The second kappa shape index (κ2) is 6.21. The van der Waals surface area contributed by atoms with E-state index in [4.69, 9.17) is 9.47 Å². The molecule has 1 atom stereocenters. The maximum atomic E-state index is 12.9. The maximum absolute atomic E-state index is 12.9. The first kappa shape index (κ1) is 17.5. The van der Waals surface area contributed by atoms with E-state index in [1.165, 1.54) is 0 Å². The van der Waals surface area contributed by atoms with E-state index in [0.29, 0.717) is 17.9 Å². The van der Waals surface area contributed by atoms with Gasteiger partial charge in [0, 0.05) is 48.7 Å². The number of hydrogen-bond acceptors (Lipinski definition) is 4. The van der Waals surface area contributed by atoms with Crippen molar-refractivity contribution in [3.8, 4) is 11.5 Å². The van der Waals surface area contributed by atoms with Gasteiger partial charge in [-0.05, 0) is 17.9 Å². The molecule has 1 aromatic rings. The molecule has 1 amide bonds. The fourth-order valence-corrected chi connectivity index (χ4v) is 3.93. The van der Waals surface area contributed by atoms with Crippen molar-refractivity contribution in [2.24, 2.45) is 5.41 Å². The number of methoxy groups -OCH3 is 2. The van der Waals surface area contributed by atoms with Gasteiger partial charge >= 0.3 is 0 Å². The van der Waals surface area contributed by atoms with Crippen LogP contribution in [0.5, 0.6) is 11.5 Å². The van der Waals surface area contributed by atoms with Crippen LogP contribution in [0.15, 0.2) is 29.5 Å². The molecule has 1 aliphatic heterocycles. The molecular weight excluding hydrogens is 318 g/mol. The molecule has 0 saturated carbocycles. The van der Waals surface area contributed by atoms with Crippen molar-refractivity contribution in [1.82, 2.24) is 4.90 Å². The largest absolute Gasteiger partial charge is 0.497 e. The van der Waals surface area contributed by atoms with Gasteiger partial charge in [-0.15, -0.1) is 0 Å². The monoisotopic (exact) mass is 343 g/mol. The highest BCUT2D eigenvalue weighted by atomic mass is 16.5. The van der Waals surface area contributed by atoms with E-state index in [2.05, 4.69) is 13.8 Å². The Balaban J connectivity index is 2.15. The number of carbonyl (C=O) groups is 2. The van der Waals surface area contributed by atoms with Gasteiger partial charge in [0.2, 0.25) is 5.91 Å². The summed E-state index contributed by atoms with van der Waals surface area (Å²) in [7, 11) is 4.96. The molecule has 0 unspecified atom stereocenters. The van der Waals surface area contributed by atoms with E-state index in [1.54, 1.807) is 32.2 Å². The highest BCUT2D eigenvalue weighted by molar-refractivity contribution is 6.02. The zero-order chi connectivity index (χ0) is 18.4. The lowest BCUT2D eigenvalue weighted by Gasteiger charge is -2.41. The minimum Gasteiger partial charge on any atom is -0.497 e. The smallest absolute Gasteiger partial charge is 0.227 e. The van der Waals surface area contributed by atoms with E-state index in [9.17, 15) is 9.59 Å². The number of ether oxygens (including phenoxy) is 2. The summed E-state index contributed by atoms with van der Waals surface area (Å²) in [6, 6.07) is 5.55. The van der Waals surface area contributed by atoms with E-state index >= 15 is 0 Å². The summed E-state index contributed by atoms with van der Waals surface area (Å²) < 4.78 is 10.8. The van der Waals surface area contributed by atoms with Crippen LogP contribution in [0.1, 0.15) is 44.6 Å². The molecule has 0 radical (unpaired) electrons. The average molecular weight is 343 g/mol. The van der Waals surface area contributed by atoms with E-state index in [1.807, 2.05) is 12.1 Å². The Kier molecular flexibility index (Phi) is 4.35. The summed E-state index contributed by atoms with van der Waals surface area (Å²) in [5.41, 5.74) is 2.37. The summed E-state index contributed by atoms with van der Waals surface area (Å²) in [5, 5.41) is 0. The minimum absolute atomic E-state index is 0.0344. The number of nitrogens with zero attached hydrogens (tertiary/aromatic N) is 1. The van der Waals surface area contributed by atoms with Gasteiger partial charge < -0.3 is 14.4 Å². The van der Waals surface area contributed by atoms with Crippen LogP contribution < -0.4 is 9.47 Å². The second-order valence-electron chi connectivity index (χ2n) is 7.62. The molecule has 1 aliphatic carbocycles. The lowest BCUT2D eigenvalue weighted by molar-refractivity contribution is -0.130. The van der Waals surface area contributed by atoms with Crippen molar-refractivity contribution in [3.63, 3.8) is 0 Å². The highest BCUT2D eigenvalue weighted by Gasteiger charge is 2.43. The maximum Gasteiger partial charge on any atom is 0.227 e. The minimum atomic E-state index is -0.261. The Morgan fingerprint density at radius 3 is 2.48 bits per heavy atom. The van der Waals surface area contributed by atoms with Gasteiger partial charge in [0.1, 0.15) is 11.5 Å². The van der Waals surface area contributed by atoms with Crippen LogP contribution in [0.3, 0.4) is 0 Å². The summed E-state index contributed by atoms with van der Waals surface area (Å²) in [6.45, 7) is 4.15. The van der Waals surface area contributed by atoms with Crippen molar-refractivity contribution >= 4 is 11.7 Å². The number of allylic oxidation sites excluding steroid dienone is 2. The number of rotatable bonds is 3. The number of ketones is 1. The molecule has 2 aliphatic rings. The SMILES string of the molecule is COc1ccc([C@H]2CC(=O)N(C)C3=C2C(=O)CC(C)(C)C3)c(OC)c1. The van der Waals surface area contributed by atoms with Gasteiger partial charge in [-0.25, -0.2) is 0 Å². The van der Waals surface area contributed by atoms with Crippen LogP contribution in [0.25, 0.3) is 0 Å². The topological polar surface area (TPSA) is 55.8 Å². The summed E-state index contributed by atoms with van der Waals surface area (Å²) >= 11 is 0. The normalized spacial score (nSPS) is 22.8. The van der Waals surface area contributed by atoms with Crippen LogP contribution in [0.4, 0.5) is 0 Å². The van der Waals surface area contributed by atoms with E-state index < -0.39 is 0 Å². The van der Waals surface area contributed by atoms with Crippen LogP contribution >= 0.6 is 0 Å². The Morgan fingerprint density at radius 1 is 1.12 bits per heavy atom. The molecule has 3 rings (SSSR count). The lowest BCUT2D eigenvalue weighted by Crippen LogP contribution is -2.41. The lowest BCUT2D eigenvalue weighted by atomic mass is 9.69. The Morgan fingerprint density at radius 2 is 1.84 bits per heavy atom. The Hall–Kier alpha value is -2.30. The summed E-state index contributed by atoms with van der Waals surface area (Å²) in [6.07, 6.45) is 1.51. The van der Waals surface area contributed by atoms with Crippen molar-refractivity contribution in [2.75, 3.05) is 21.3 Å². The van der Waals surface area contributed by atoms with Crippen molar-refractivity contribution < 1.29 is 19.1 Å². The Bertz CT molecular complexity index is 763. The van der Waals surface area contributed by atoms with Crippen molar-refractivity contribution in [1.29, 1.82) is 0 Å². The second-order valence-corrected chi connectivity index (χ2v) is 7.62. The Labute approximate surface area is 148 Å². The number of carbonyl (C=O) groups excluding carboxylic acids is 2. The van der Waals surface area contributed by atoms with Gasteiger partial charge in [-0.2, -0.15) is 0 Å². The molecule has 134 valence electrons. The average Bonchev–Trinajstić information content (AvgIpc) is 2.56. The molecule has 1 aromatic carbocycles.